The van der Waals surface area contributed by atoms with Crippen molar-refractivity contribution in [3.8, 4) is 0 Å². The number of para-hydroxylation sites is 4. The van der Waals surface area contributed by atoms with E-state index in [2.05, 4.69) is 30.6 Å². The summed E-state index contributed by atoms with van der Waals surface area (Å²) in [6.45, 7) is 0. The molecule has 5 aromatic rings. The summed E-state index contributed by atoms with van der Waals surface area (Å²) in [6, 6.07) is 23.9. The second-order valence-corrected chi connectivity index (χ2v) is 10.7. The van der Waals surface area contributed by atoms with Gasteiger partial charge in [-0.1, -0.05) is 72.2 Å². The van der Waals surface area contributed by atoms with Gasteiger partial charge < -0.3 is 20.6 Å². The average Bonchev–Trinajstić information content (AvgIpc) is 3.46. The maximum Gasteiger partial charge on any atom is 0.138 e. The molecule has 0 bridgehead atoms. The van der Waals surface area contributed by atoms with Crippen LogP contribution in [0.1, 0.15) is 11.6 Å². The monoisotopic (exact) mass is 520 g/mol. The van der Waals surface area contributed by atoms with Gasteiger partial charge in [0.1, 0.15) is 20.3 Å². The average molecular weight is 521 g/mol. The predicted molar refractivity (Wildman–Crippen MR) is 154 cm³/mol. The molecule has 0 saturated carbocycles. The number of H-pyrrole nitrogens is 2. The van der Waals surface area contributed by atoms with Gasteiger partial charge in [-0.15, -0.1) is 0 Å². The van der Waals surface area contributed by atoms with E-state index in [0.29, 0.717) is 20.1 Å². The molecule has 170 valence electrons. The van der Waals surface area contributed by atoms with E-state index in [4.69, 9.17) is 24.4 Å². The van der Waals surface area contributed by atoms with Crippen molar-refractivity contribution in [2.75, 3.05) is 10.6 Å². The summed E-state index contributed by atoms with van der Waals surface area (Å²) in [5.41, 5.74) is 5.85. The fourth-order valence-corrected chi connectivity index (χ4v) is 5.14. The van der Waals surface area contributed by atoms with E-state index in [9.17, 15) is 0 Å². The Hall–Kier alpha value is -2.92. The summed E-state index contributed by atoms with van der Waals surface area (Å²) < 4.78 is 1.39. The molecule has 0 aliphatic heterocycles. The van der Waals surface area contributed by atoms with Crippen LogP contribution in [0.25, 0.3) is 22.1 Å². The highest BCUT2D eigenvalue weighted by molar-refractivity contribution is 8.23. The highest BCUT2D eigenvalue weighted by Gasteiger charge is 2.07. The third kappa shape index (κ3) is 5.76. The maximum absolute atomic E-state index is 5.49. The molecule has 34 heavy (non-hydrogen) atoms. The van der Waals surface area contributed by atoms with Gasteiger partial charge in [-0.3, -0.25) is 0 Å². The first-order chi connectivity index (χ1) is 16.6. The van der Waals surface area contributed by atoms with Crippen LogP contribution in [0.2, 0.25) is 0 Å². The SMILES string of the molecule is S=C(Nc1ccc(NC(=S)SCc2nc3ccccc3[nH]2)cc1)SCc1nc2ccccc2[nH]1. The van der Waals surface area contributed by atoms with Crippen LogP contribution < -0.4 is 10.6 Å². The fraction of sp³-hybridized carbons (Fsp3) is 0.0833. The largest absolute Gasteiger partial charge is 0.341 e. The summed E-state index contributed by atoms with van der Waals surface area (Å²) in [4.78, 5) is 15.8. The molecule has 4 N–H and O–H groups in total. The van der Waals surface area contributed by atoms with Gasteiger partial charge in [-0.05, 0) is 48.5 Å². The van der Waals surface area contributed by atoms with E-state index in [0.717, 1.165) is 45.1 Å². The van der Waals surface area contributed by atoms with Crippen molar-refractivity contribution in [3.63, 3.8) is 0 Å². The van der Waals surface area contributed by atoms with Crippen LogP contribution in [-0.2, 0) is 11.5 Å². The van der Waals surface area contributed by atoms with E-state index in [1.54, 1.807) is 0 Å². The number of benzene rings is 3. The Morgan fingerprint density at radius 2 is 1.06 bits per heavy atom. The molecule has 0 aliphatic rings. The third-order valence-corrected chi connectivity index (χ3v) is 7.41. The summed E-state index contributed by atoms with van der Waals surface area (Å²) in [6.07, 6.45) is 0. The molecule has 2 heterocycles. The number of thioether (sulfide) groups is 2. The lowest BCUT2D eigenvalue weighted by Crippen LogP contribution is -2.07. The second-order valence-electron chi connectivity index (χ2n) is 7.38. The van der Waals surface area contributed by atoms with Gasteiger partial charge in [0.05, 0.1) is 33.6 Å². The number of nitrogens with one attached hydrogen (secondary N) is 4. The van der Waals surface area contributed by atoms with Crippen molar-refractivity contribution in [1.82, 2.24) is 19.9 Å². The first kappa shape index (κ1) is 22.9. The van der Waals surface area contributed by atoms with Gasteiger partial charge in [0, 0.05) is 11.4 Å². The highest BCUT2D eigenvalue weighted by Crippen LogP contribution is 2.21. The minimum atomic E-state index is 0.677. The standard InChI is InChI=1S/C24H20N6S4/c31-23(33-13-21-27-17-5-1-2-6-18(17)28-21)25-15-9-11-16(12-10-15)26-24(32)34-14-22-29-19-7-3-4-8-20(19)30-22/h1-12H,13-14H2,(H,25,31)(H,26,32)(H,27,28)(H,29,30). The van der Waals surface area contributed by atoms with Crippen LogP contribution in [0.4, 0.5) is 11.4 Å². The molecule has 10 heteroatoms. The lowest BCUT2D eigenvalue weighted by Gasteiger charge is -2.10. The maximum atomic E-state index is 5.49. The van der Waals surface area contributed by atoms with Gasteiger partial charge in [0.2, 0.25) is 0 Å². The Morgan fingerprint density at radius 3 is 1.47 bits per heavy atom. The Labute approximate surface area is 215 Å². The molecular formula is C24H20N6S4. The van der Waals surface area contributed by atoms with Crippen molar-refractivity contribution < 1.29 is 0 Å². The van der Waals surface area contributed by atoms with Crippen molar-refractivity contribution in [3.05, 3.63) is 84.4 Å². The summed E-state index contributed by atoms with van der Waals surface area (Å²) in [5, 5.41) is 6.52. The number of aromatic amines is 2. The third-order valence-electron chi connectivity index (χ3n) is 4.93. The zero-order valence-electron chi connectivity index (χ0n) is 17.9. The van der Waals surface area contributed by atoms with Crippen LogP contribution >= 0.6 is 48.0 Å². The van der Waals surface area contributed by atoms with Gasteiger partial charge in [-0.2, -0.15) is 0 Å². The fourth-order valence-electron chi connectivity index (χ4n) is 3.36. The predicted octanol–water partition coefficient (Wildman–Crippen LogP) is 6.70. The Bertz CT molecular complexity index is 1280. The van der Waals surface area contributed by atoms with Gasteiger partial charge in [0.25, 0.3) is 0 Å². The van der Waals surface area contributed by atoms with E-state index < -0.39 is 0 Å². The zero-order chi connectivity index (χ0) is 23.3. The number of anilines is 2. The van der Waals surface area contributed by atoms with Crippen LogP contribution in [0, 0.1) is 0 Å². The van der Waals surface area contributed by atoms with Crippen LogP contribution in [-0.4, -0.2) is 28.6 Å². The normalized spacial score (nSPS) is 11.1. The molecule has 0 atom stereocenters. The van der Waals surface area contributed by atoms with E-state index in [-0.39, 0.29) is 0 Å². The van der Waals surface area contributed by atoms with Gasteiger partial charge in [-0.25, -0.2) is 9.97 Å². The molecule has 5 rings (SSSR count). The summed E-state index contributed by atoms with van der Waals surface area (Å²) in [5.74, 6) is 3.17. The summed E-state index contributed by atoms with van der Waals surface area (Å²) >= 11 is 14.0. The Kier molecular flexibility index (Phi) is 7.10. The minimum absolute atomic E-state index is 0.677. The van der Waals surface area contributed by atoms with Crippen LogP contribution in [0.3, 0.4) is 0 Å². The van der Waals surface area contributed by atoms with Gasteiger partial charge in [0.15, 0.2) is 0 Å². The first-order valence-corrected chi connectivity index (χ1v) is 13.3. The molecule has 6 nitrogen and oxygen atoms in total. The van der Waals surface area contributed by atoms with E-state index in [1.165, 1.54) is 23.5 Å². The molecular weight excluding hydrogens is 501 g/mol. The molecule has 2 aromatic heterocycles. The van der Waals surface area contributed by atoms with E-state index >= 15 is 0 Å². The molecule has 0 radical (unpaired) electrons. The zero-order valence-corrected chi connectivity index (χ0v) is 21.1. The van der Waals surface area contributed by atoms with Gasteiger partial charge >= 0.3 is 0 Å². The van der Waals surface area contributed by atoms with Crippen LogP contribution in [0.15, 0.2) is 72.8 Å². The number of nitrogens with zero attached hydrogens (tertiary/aromatic N) is 2. The van der Waals surface area contributed by atoms with Crippen molar-refractivity contribution in [2.24, 2.45) is 0 Å². The second kappa shape index (κ2) is 10.6. The number of hydrogen-bond donors (Lipinski definition) is 4. The molecule has 0 fully saturated rings. The molecule has 0 unspecified atom stereocenters. The highest BCUT2D eigenvalue weighted by atomic mass is 32.2. The first-order valence-electron chi connectivity index (χ1n) is 10.5. The van der Waals surface area contributed by atoms with Crippen molar-refractivity contribution in [1.29, 1.82) is 0 Å². The van der Waals surface area contributed by atoms with Crippen molar-refractivity contribution in [2.45, 2.75) is 11.5 Å². The number of imidazole rings is 2. The summed E-state index contributed by atoms with van der Waals surface area (Å²) in [7, 11) is 0. The number of thiocarbonyl (C=S) groups is 2. The molecule has 0 aliphatic carbocycles. The molecule has 0 spiro atoms. The number of aromatic nitrogens is 4. The molecule has 3 aromatic carbocycles. The Balaban J connectivity index is 1.08. The van der Waals surface area contributed by atoms with Crippen LogP contribution in [0.5, 0.6) is 0 Å². The quantitative estimate of drug-likeness (QED) is 0.184. The lowest BCUT2D eigenvalue weighted by atomic mass is 10.3. The molecule has 0 saturated heterocycles. The molecule has 0 amide bonds. The Morgan fingerprint density at radius 1 is 0.647 bits per heavy atom. The number of hydrogen-bond acceptors (Lipinski definition) is 6. The lowest BCUT2D eigenvalue weighted by molar-refractivity contribution is 1.14. The van der Waals surface area contributed by atoms with E-state index in [1.807, 2.05) is 72.8 Å². The minimum Gasteiger partial charge on any atom is -0.341 e. The number of rotatable bonds is 6. The topological polar surface area (TPSA) is 81.4 Å². The smallest absolute Gasteiger partial charge is 0.138 e. The number of fused-ring (bicyclic) bond motifs is 2. The van der Waals surface area contributed by atoms with Crippen molar-refractivity contribution >= 4 is 90.0 Å².